The number of aromatic nitrogens is 3. The van der Waals surface area contributed by atoms with Gasteiger partial charge < -0.3 is 4.90 Å². The molecule has 1 fully saturated rings. The predicted octanol–water partition coefficient (Wildman–Crippen LogP) is 3.54. The molecule has 1 amide bonds. The number of piperidine rings is 1. The van der Waals surface area contributed by atoms with Gasteiger partial charge in [-0.25, -0.2) is 0 Å². The third kappa shape index (κ3) is 4.06. The molecule has 0 N–H and O–H groups in total. The van der Waals surface area contributed by atoms with Crippen molar-refractivity contribution in [1.29, 1.82) is 0 Å². The van der Waals surface area contributed by atoms with Gasteiger partial charge in [-0.1, -0.05) is 30.8 Å². The molecule has 2 heterocycles. The van der Waals surface area contributed by atoms with Crippen molar-refractivity contribution in [3.63, 3.8) is 0 Å². The third-order valence-electron chi connectivity index (χ3n) is 4.86. The Balaban J connectivity index is 1.74. The fraction of sp³-hybridized carbons (Fsp3) is 0.526. The van der Waals surface area contributed by atoms with Crippen molar-refractivity contribution in [2.75, 3.05) is 18.8 Å². The van der Waals surface area contributed by atoms with E-state index in [2.05, 4.69) is 53.7 Å². The molecule has 0 atom stereocenters. The Morgan fingerprint density at radius 1 is 1.20 bits per heavy atom. The van der Waals surface area contributed by atoms with E-state index in [0.29, 0.717) is 5.75 Å². The zero-order chi connectivity index (χ0) is 18.0. The molecule has 3 rings (SSSR count). The first-order valence-electron chi connectivity index (χ1n) is 8.86. The average molecular weight is 359 g/mol. The summed E-state index contributed by atoms with van der Waals surface area (Å²) in [5.74, 6) is 2.18. The van der Waals surface area contributed by atoms with E-state index in [1.54, 1.807) is 0 Å². The second kappa shape index (κ2) is 7.60. The summed E-state index contributed by atoms with van der Waals surface area (Å²) in [7, 11) is 0. The number of benzene rings is 1. The number of carbonyl (C=O) groups is 1. The van der Waals surface area contributed by atoms with Crippen LogP contribution < -0.4 is 0 Å². The van der Waals surface area contributed by atoms with Gasteiger partial charge in [-0.2, -0.15) is 0 Å². The second-order valence-electron chi connectivity index (χ2n) is 7.01. The summed E-state index contributed by atoms with van der Waals surface area (Å²) in [5.41, 5.74) is 3.46. The molecule has 1 aromatic carbocycles. The molecular weight excluding hydrogens is 332 g/mol. The first kappa shape index (κ1) is 18.0. The lowest BCUT2D eigenvalue weighted by molar-refractivity contribution is -0.129. The Morgan fingerprint density at radius 3 is 2.64 bits per heavy atom. The van der Waals surface area contributed by atoms with Crippen LogP contribution in [0.3, 0.4) is 0 Å². The minimum Gasteiger partial charge on any atom is -0.342 e. The molecule has 1 aromatic heterocycles. The highest BCUT2D eigenvalue weighted by molar-refractivity contribution is 7.99. The second-order valence-corrected chi connectivity index (χ2v) is 7.95. The van der Waals surface area contributed by atoms with Crippen molar-refractivity contribution in [2.24, 2.45) is 5.92 Å². The standard InChI is InChI=1S/C19H26N4OS/c1-13-7-9-22(10-8-13)18(24)12-25-19-21-20-16(4)23(19)17-11-14(2)5-6-15(17)3/h5-6,11,13H,7-10,12H2,1-4H3. The summed E-state index contributed by atoms with van der Waals surface area (Å²) in [4.78, 5) is 14.5. The molecule has 0 saturated carbocycles. The summed E-state index contributed by atoms with van der Waals surface area (Å²) < 4.78 is 2.05. The van der Waals surface area contributed by atoms with Crippen molar-refractivity contribution in [1.82, 2.24) is 19.7 Å². The van der Waals surface area contributed by atoms with Crippen LogP contribution in [0.25, 0.3) is 5.69 Å². The molecule has 25 heavy (non-hydrogen) atoms. The number of hydrogen-bond acceptors (Lipinski definition) is 4. The Morgan fingerprint density at radius 2 is 1.92 bits per heavy atom. The Kier molecular flexibility index (Phi) is 5.47. The van der Waals surface area contributed by atoms with Gasteiger partial charge in [0.15, 0.2) is 5.16 Å². The fourth-order valence-electron chi connectivity index (χ4n) is 3.15. The minimum absolute atomic E-state index is 0.199. The van der Waals surface area contributed by atoms with Crippen molar-refractivity contribution < 1.29 is 4.79 Å². The number of likely N-dealkylation sites (tertiary alicyclic amines) is 1. The van der Waals surface area contributed by atoms with Crippen LogP contribution in [0.15, 0.2) is 23.4 Å². The SMILES string of the molecule is Cc1ccc(C)c(-n2c(C)nnc2SCC(=O)N2CCC(C)CC2)c1. The highest BCUT2D eigenvalue weighted by Gasteiger charge is 2.21. The van der Waals surface area contributed by atoms with Crippen LogP contribution in [0, 0.1) is 26.7 Å². The zero-order valence-electron chi connectivity index (χ0n) is 15.5. The molecule has 134 valence electrons. The molecule has 6 heteroatoms. The smallest absolute Gasteiger partial charge is 0.233 e. The van der Waals surface area contributed by atoms with E-state index in [0.717, 1.165) is 48.5 Å². The number of thioether (sulfide) groups is 1. The van der Waals surface area contributed by atoms with Gasteiger partial charge in [-0.15, -0.1) is 10.2 Å². The molecule has 0 aliphatic carbocycles. The van der Waals surface area contributed by atoms with E-state index in [1.807, 2.05) is 11.8 Å². The summed E-state index contributed by atoms with van der Waals surface area (Å²) in [5, 5.41) is 9.31. The number of hydrogen-bond donors (Lipinski definition) is 0. The van der Waals surface area contributed by atoms with Crippen LogP contribution >= 0.6 is 11.8 Å². The molecular formula is C19H26N4OS. The largest absolute Gasteiger partial charge is 0.342 e. The van der Waals surface area contributed by atoms with Gasteiger partial charge in [0, 0.05) is 13.1 Å². The van der Waals surface area contributed by atoms with E-state index < -0.39 is 0 Å². The number of amides is 1. The molecule has 1 saturated heterocycles. The molecule has 1 aliphatic rings. The quantitative estimate of drug-likeness (QED) is 0.785. The van der Waals surface area contributed by atoms with Crippen LogP contribution in [0.1, 0.15) is 36.7 Å². The third-order valence-corrected chi connectivity index (χ3v) is 5.78. The fourth-order valence-corrected chi connectivity index (χ4v) is 4.04. The van der Waals surface area contributed by atoms with E-state index in [1.165, 1.54) is 22.9 Å². The summed E-state index contributed by atoms with van der Waals surface area (Å²) >= 11 is 1.48. The Bertz CT molecular complexity index is 763. The minimum atomic E-state index is 0.199. The topological polar surface area (TPSA) is 51.0 Å². The van der Waals surface area contributed by atoms with Crippen molar-refractivity contribution in [2.45, 2.75) is 45.7 Å². The molecule has 0 spiro atoms. The maximum absolute atomic E-state index is 12.5. The molecule has 1 aliphatic heterocycles. The predicted molar refractivity (Wildman–Crippen MR) is 101 cm³/mol. The van der Waals surface area contributed by atoms with E-state index >= 15 is 0 Å². The lowest BCUT2D eigenvalue weighted by Gasteiger charge is -2.30. The lowest BCUT2D eigenvalue weighted by atomic mass is 9.99. The van der Waals surface area contributed by atoms with Gasteiger partial charge in [0.05, 0.1) is 11.4 Å². The lowest BCUT2D eigenvalue weighted by Crippen LogP contribution is -2.38. The van der Waals surface area contributed by atoms with Crippen molar-refractivity contribution in [3.05, 3.63) is 35.2 Å². The Hall–Kier alpha value is -1.82. The van der Waals surface area contributed by atoms with Gasteiger partial charge in [0.1, 0.15) is 5.82 Å². The maximum atomic E-state index is 12.5. The summed E-state index contributed by atoms with van der Waals surface area (Å²) in [6.45, 7) is 10.1. The number of carbonyl (C=O) groups excluding carboxylic acids is 1. The number of nitrogens with zero attached hydrogens (tertiary/aromatic N) is 4. The van der Waals surface area contributed by atoms with Gasteiger partial charge in [-0.3, -0.25) is 9.36 Å². The van der Waals surface area contributed by atoms with Gasteiger partial charge in [0.2, 0.25) is 5.91 Å². The highest BCUT2D eigenvalue weighted by Crippen LogP contribution is 2.25. The molecule has 2 aromatic rings. The van der Waals surface area contributed by atoms with Gasteiger partial charge in [0.25, 0.3) is 0 Å². The molecule has 0 radical (unpaired) electrons. The Labute approximate surface area is 153 Å². The molecule has 0 unspecified atom stereocenters. The highest BCUT2D eigenvalue weighted by atomic mass is 32.2. The molecule has 0 bridgehead atoms. The van der Waals surface area contributed by atoms with Crippen molar-refractivity contribution in [3.8, 4) is 5.69 Å². The van der Waals surface area contributed by atoms with Gasteiger partial charge >= 0.3 is 0 Å². The zero-order valence-corrected chi connectivity index (χ0v) is 16.3. The first-order valence-corrected chi connectivity index (χ1v) is 9.84. The first-order chi connectivity index (χ1) is 12.0. The summed E-state index contributed by atoms with van der Waals surface area (Å²) in [6, 6.07) is 6.36. The van der Waals surface area contributed by atoms with Crippen LogP contribution in [0.4, 0.5) is 0 Å². The van der Waals surface area contributed by atoms with Crippen molar-refractivity contribution >= 4 is 17.7 Å². The van der Waals surface area contributed by atoms with Crippen LogP contribution in [-0.4, -0.2) is 44.4 Å². The maximum Gasteiger partial charge on any atom is 0.233 e. The van der Waals surface area contributed by atoms with Crippen LogP contribution in [-0.2, 0) is 4.79 Å². The summed E-state index contributed by atoms with van der Waals surface area (Å²) in [6.07, 6.45) is 2.21. The van der Waals surface area contributed by atoms with Crippen LogP contribution in [0.2, 0.25) is 0 Å². The average Bonchev–Trinajstić information content (AvgIpc) is 2.96. The van der Waals surface area contributed by atoms with E-state index in [4.69, 9.17) is 0 Å². The number of aryl methyl sites for hydroxylation is 3. The van der Waals surface area contributed by atoms with E-state index in [9.17, 15) is 4.79 Å². The molecule has 5 nitrogen and oxygen atoms in total. The monoisotopic (exact) mass is 358 g/mol. The number of rotatable bonds is 4. The van der Waals surface area contributed by atoms with Gasteiger partial charge in [-0.05, 0) is 56.7 Å². The van der Waals surface area contributed by atoms with E-state index in [-0.39, 0.29) is 5.91 Å². The van der Waals surface area contributed by atoms with Crippen LogP contribution in [0.5, 0.6) is 0 Å². The normalized spacial score (nSPS) is 15.6.